The maximum atomic E-state index is 13.2. The van der Waals surface area contributed by atoms with E-state index in [0.717, 1.165) is 42.2 Å². The van der Waals surface area contributed by atoms with Crippen LogP contribution in [-0.4, -0.2) is 63.0 Å². The van der Waals surface area contributed by atoms with Gasteiger partial charge in [0, 0.05) is 43.8 Å². The molecule has 2 aromatic carbocycles. The molecule has 1 aliphatic heterocycles. The number of hydrogen-bond acceptors (Lipinski definition) is 8. The third-order valence-electron chi connectivity index (χ3n) is 6.00. The molecule has 0 saturated carbocycles. The Morgan fingerprint density at radius 1 is 1.03 bits per heavy atom. The van der Waals surface area contributed by atoms with Crippen molar-refractivity contribution in [3.8, 4) is 5.69 Å². The van der Waals surface area contributed by atoms with Crippen LogP contribution in [0.3, 0.4) is 0 Å². The molecule has 9 nitrogen and oxygen atoms in total. The van der Waals surface area contributed by atoms with Crippen molar-refractivity contribution in [2.24, 2.45) is 0 Å². The van der Waals surface area contributed by atoms with E-state index in [9.17, 15) is 9.90 Å². The van der Waals surface area contributed by atoms with Crippen LogP contribution in [0.5, 0.6) is 0 Å². The highest BCUT2D eigenvalue weighted by atomic mass is 35.5. The van der Waals surface area contributed by atoms with E-state index in [2.05, 4.69) is 49.4 Å². The Morgan fingerprint density at radius 3 is 2.37 bits per heavy atom. The van der Waals surface area contributed by atoms with Gasteiger partial charge in [0.25, 0.3) is 5.56 Å². The summed E-state index contributed by atoms with van der Waals surface area (Å²) in [6.45, 7) is 3.62. The first-order chi connectivity index (χ1) is 16.9. The van der Waals surface area contributed by atoms with Gasteiger partial charge < -0.3 is 20.2 Å². The quantitative estimate of drug-likeness (QED) is 0.420. The van der Waals surface area contributed by atoms with E-state index < -0.39 is 12.2 Å². The molecule has 0 aliphatic carbocycles. The Labute approximate surface area is 211 Å². The second-order valence-electron chi connectivity index (χ2n) is 8.31. The molecule has 1 fully saturated rings. The predicted molar refractivity (Wildman–Crippen MR) is 138 cm³/mol. The molecule has 3 heterocycles. The second kappa shape index (κ2) is 9.79. The van der Waals surface area contributed by atoms with Crippen molar-refractivity contribution in [3.05, 3.63) is 74.8 Å². The monoisotopic (exact) mass is 511 g/mol. The minimum absolute atomic E-state index is 0.191. The number of rotatable bonds is 5. The van der Waals surface area contributed by atoms with Gasteiger partial charge in [0.1, 0.15) is 16.9 Å². The standard InChI is InChI=1S/C24H23Cl2N7O2/c1-31-9-11-32(12-10-31)16-7-5-15(6-8-16)28-24-27-13-17-21(29-24)20(14-34)30-33(23(17)35)22-18(25)3-2-4-19(22)26/h2-8,13,34H,9-12,14H2,1H3,(H,27,28,29). The molecule has 1 aliphatic rings. The number of aromatic nitrogens is 4. The number of benzene rings is 2. The van der Waals surface area contributed by atoms with Crippen LogP contribution in [0.25, 0.3) is 16.6 Å². The zero-order chi connectivity index (χ0) is 24.5. The number of nitrogens with one attached hydrogen (secondary N) is 1. The Balaban J connectivity index is 1.45. The highest BCUT2D eigenvalue weighted by molar-refractivity contribution is 6.37. The smallest absolute Gasteiger partial charge is 0.282 e. The van der Waals surface area contributed by atoms with Gasteiger partial charge in [0.2, 0.25) is 5.95 Å². The number of aliphatic hydroxyl groups is 1. The number of nitrogens with zero attached hydrogens (tertiary/aromatic N) is 6. The lowest BCUT2D eigenvalue weighted by Gasteiger charge is -2.34. The summed E-state index contributed by atoms with van der Waals surface area (Å²) >= 11 is 12.5. The van der Waals surface area contributed by atoms with Gasteiger partial charge in [-0.3, -0.25) is 4.79 Å². The molecule has 0 unspecified atom stereocenters. The number of anilines is 3. The van der Waals surface area contributed by atoms with Gasteiger partial charge in [-0.05, 0) is 43.4 Å². The molecule has 35 heavy (non-hydrogen) atoms. The molecule has 11 heteroatoms. The first-order valence-corrected chi connectivity index (χ1v) is 11.8. The van der Waals surface area contributed by atoms with Crippen molar-refractivity contribution in [1.29, 1.82) is 0 Å². The lowest BCUT2D eigenvalue weighted by Crippen LogP contribution is -2.44. The van der Waals surface area contributed by atoms with E-state index in [-0.39, 0.29) is 38.3 Å². The van der Waals surface area contributed by atoms with Crippen molar-refractivity contribution in [2.45, 2.75) is 6.61 Å². The molecular formula is C24H23Cl2N7O2. The largest absolute Gasteiger partial charge is 0.390 e. The summed E-state index contributed by atoms with van der Waals surface area (Å²) in [5.74, 6) is 0.286. The minimum Gasteiger partial charge on any atom is -0.390 e. The lowest BCUT2D eigenvalue weighted by molar-refractivity contribution is 0.276. The highest BCUT2D eigenvalue weighted by Crippen LogP contribution is 2.28. The van der Waals surface area contributed by atoms with Crippen molar-refractivity contribution >= 4 is 51.4 Å². The molecule has 0 bridgehead atoms. The summed E-state index contributed by atoms with van der Waals surface area (Å²) in [7, 11) is 2.13. The first kappa shape index (κ1) is 23.5. The summed E-state index contributed by atoms with van der Waals surface area (Å²) in [6.07, 6.45) is 1.41. The second-order valence-corrected chi connectivity index (χ2v) is 9.12. The van der Waals surface area contributed by atoms with Gasteiger partial charge >= 0.3 is 0 Å². The van der Waals surface area contributed by atoms with E-state index in [1.807, 2.05) is 12.1 Å². The fourth-order valence-corrected chi connectivity index (χ4v) is 4.60. The topological polar surface area (TPSA) is 99.4 Å². The average molecular weight is 512 g/mol. The highest BCUT2D eigenvalue weighted by Gasteiger charge is 2.18. The van der Waals surface area contributed by atoms with Crippen LogP contribution in [-0.2, 0) is 6.61 Å². The molecular weight excluding hydrogens is 489 g/mol. The molecule has 2 N–H and O–H groups in total. The fraction of sp³-hybridized carbons (Fsp3) is 0.250. The summed E-state index contributed by atoms with van der Waals surface area (Å²) < 4.78 is 1.08. The Kier molecular flexibility index (Phi) is 6.57. The molecule has 180 valence electrons. The number of hydrogen-bond donors (Lipinski definition) is 2. The van der Waals surface area contributed by atoms with Crippen LogP contribution in [0, 0.1) is 0 Å². The van der Waals surface area contributed by atoms with E-state index in [0.29, 0.717) is 0 Å². The number of halogens is 2. The molecule has 1 saturated heterocycles. The van der Waals surface area contributed by atoms with Gasteiger partial charge in [-0.1, -0.05) is 29.3 Å². The fourth-order valence-electron chi connectivity index (χ4n) is 4.04. The average Bonchev–Trinajstić information content (AvgIpc) is 2.86. The van der Waals surface area contributed by atoms with Gasteiger partial charge in [-0.15, -0.1) is 0 Å². The van der Waals surface area contributed by atoms with E-state index >= 15 is 0 Å². The minimum atomic E-state index is -0.490. The molecule has 0 radical (unpaired) electrons. The normalized spacial score (nSPS) is 14.5. The van der Waals surface area contributed by atoms with Gasteiger partial charge in [0.15, 0.2) is 0 Å². The van der Waals surface area contributed by atoms with Crippen molar-refractivity contribution in [1.82, 2.24) is 24.6 Å². The zero-order valence-electron chi connectivity index (χ0n) is 18.9. The van der Waals surface area contributed by atoms with Gasteiger partial charge in [-0.2, -0.15) is 9.78 Å². The predicted octanol–water partition coefficient (Wildman–Crippen LogP) is 3.47. The van der Waals surface area contributed by atoms with E-state index in [4.69, 9.17) is 23.2 Å². The van der Waals surface area contributed by atoms with Crippen LogP contribution in [0.2, 0.25) is 10.0 Å². The summed E-state index contributed by atoms with van der Waals surface area (Å²) in [6, 6.07) is 12.9. The third kappa shape index (κ3) is 4.68. The number of piperazine rings is 1. The van der Waals surface area contributed by atoms with Crippen LogP contribution in [0.1, 0.15) is 5.69 Å². The van der Waals surface area contributed by atoms with Crippen molar-refractivity contribution in [2.75, 3.05) is 43.4 Å². The van der Waals surface area contributed by atoms with Gasteiger partial charge in [-0.25, -0.2) is 9.97 Å². The van der Waals surface area contributed by atoms with Crippen LogP contribution in [0.4, 0.5) is 17.3 Å². The maximum absolute atomic E-state index is 13.2. The molecule has 5 rings (SSSR count). The Hall–Kier alpha value is -3.24. The Morgan fingerprint density at radius 2 is 1.71 bits per heavy atom. The SMILES string of the molecule is CN1CCN(c2ccc(Nc3ncc4c(=O)n(-c5c(Cl)cccc5Cl)nc(CO)c4n3)cc2)CC1. The maximum Gasteiger partial charge on any atom is 0.282 e. The van der Waals surface area contributed by atoms with Gasteiger partial charge in [0.05, 0.1) is 22.0 Å². The zero-order valence-corrected chi connectivity index (χ0v) is 20.5. The summed E-state index contributed by atoms with van der Waals surface area (Å²) in [5, 5.41) is 18.1. The van der Waals surface area contributed by atoms with Crippen LogP contribution < -0.4 is 15.8 Å². The molecule has 4 aromatic rings. The summed E-state index contributed by atoms with van der Waals surface area (Å²) in [4.78, 5) is 26.6. The number of aliphatic hydroxyl groups excluding tert-OH is 1. The Bertz CT molecular complexity index is 1410. The number of para-hydroxylation sites is 1. The molecule has 0 amide bonds. The molecule has 0 atom stereocenters. The van der Waals surface area contributed by atoms with E-state index in [1.165, 1.54) is 6.20 Å². The van der Waals surface area contributed by atoms with Crippen molar-refractivity contribution in [3.63, 3.8) is 0 Å². The molecule has 2 aromatic heterocycles. The molecule has 0 spiro atoms. The first-order valence-electron chi connectivity index (χ1n) is 11.1. The summed E-state index contributed by atoms with van der Waals surface area (Å²) in [5.41, 5.74) is 2.16. The van der Waals surface area contributed by atoms with Crippen LogP contribution in [0.15, 0.2) is 53.5 Å². The van der Waals surface area contributed by atoms with Crippen molar-refractivity contribution < 1.29 is 5.11 Å². The lowest BCUT2D eigenvalue weighted by atomic mass is 10.2. The number of fused-ring (bicyclic) bond motifs is 1. The third-order valence-corrected chi connectivity index (χ3v) is 6.61. The van der Waals surface area contributed by atoms with E-state index in [1.54, 1.807) is 18.2 Å². The number of likely N-dealkylation sites (N-methyl/N-ethyl adjacent to an activating group) is 1. The van der Waals surface area contributed by atoms with Crippen LogP contribution >= 0.6 is 23.2 Å².